The van der Waals surface area contributed by atoms with Gasteiger partial charge in [-0.1, -0.05) is 0 Å². The minimum absolute atomic E-state index is 0.144. The lowest BCUT2D eigenvalue weighted by molar-refractivity contribution is 0.564. The van der Waals surface area contributed by atoms with Crippen LogP contribution in [0, 0.1) is 6.92 Å². The van der Waals surface area contributed by atoms with Gasteiger partial charge in [-0.3, -0.25) is 0 Å². The second kappa shape index (κ2) is 5.69. The molecule has 1 saturated carbocycles. The van der Waals surface area contributed by atoms with E-state index in [0.717, 1.165) is 4.88 Å². The minimum Gasteiger partial charge on any atom is -0.313 e. The number of hydrogen-bond donors (Lipinski definition) is 2. The third kappa shape index (κ3) is 4.35. The normalized spacial score (nSPS) is 17.9. The van der Waals surface area contributed by atoms with Gasteiger partial charge in [0.05, 0.1) is 11.8 Å². The Labute approximate surface area is 113 Å². The van der Waals surface area contributed by atoms with Crippen LogP contribution in [0.3, 0.4) is 0 Å². The Bertz CT molecular complexity index is 492. The Morgan fingerprint density at radius 1 is 1.44 bits per heavy atom. The van der Waals surface area contributed by atoms with Crippen LogP contribution in [0.5, 0.6) is 0 Å². The van der Waals surface area contributed by atoms with Crippen LogP contribution in [0.4, 0.5) is 0 Å². The van der Waals surface area contributed by atoms with Crippen LogP contribution in [0.1, 0.15) is 35.6 Å². The molecule has 0 bridgehead atoms. The SMILES string of the molecule is Cc1ccc(C(C)NS(=O)(=O)CCNC2CC2)s1. The summed E-state index contributed by atoms with van der Waals surface area (Å²) in [6, 6.07) is 4.40. The summed E-state index contributed by atoms with van der Waals surface area (Å²) in [5.74, 6) is 0.151. The zero-order valence-corrected chi connectivity index (χ0v) is 12.4. The fraction of sp³-hybridized carbons (Fsp3) is 0.667. The molecule has 0 aliphatic heterocycles. The molecule has 2 N–H and O–H groups in total. The van der Waals surface area contributed by atoms with Gasteiger partial charge in [0, 0.05) is 22.3 Å². The van der Waals surface area contributed by atoms with Crippen LogP contribution in [-0.2, 0) is 10.0 Å². The van der Waals surface area contributed by atoms with Crippen LogP contribution in [-0.4, -0.2) is 26.8 Å². The monoisotopic (exact) mass is 288 g/mol. The molecule has 1 aliphatic carbocycles. The summed E-state index contributed by atoms with van der Waals surface area (Å²) < 4.78 is 26.5. The first kappa shape index (κ1) is 14.0. The summed E-state index contributed by atoms with van der Waals surface area (Å²) in [5, 5.41) is 3.21. The van der Waals surface area contributed by atoms with Gasteiger partial charge in [0.15, 0.2) is 0 Å². The molecule has 4 nitrogen and oxygen atoms in total. The molecule has 1 atom stereocenters. The average molecular weight is 288 g/mol. The predicted molar refractivity (Wildman–Crippen MR) is 75.4 cm³/mol. The lowest BCUT2D eigenvalue weighted by Crippen LogP contribution is -2.33. The topological polar surface area (TPSA) is 58.2 Å². The van der Waals surface area contributed by atoms with Gasteiger partial charge >= 0.3 is 0 Å². The summed E-state index contributed by atoms with van der Waals surface area (Å²) >= 11 is 1.63. The first-order valence-electron chi connectivity index (χ1n) is 6.26. The van der Waals surface area contributed by atoms with E-state index in [-0.39, 0.29) is 11.8 Å². The van der Waals surface area contributed by atoms with E-state index in [1.807, 2.05) is 26.0 Å². The van der Waals surface area contributed by atoms with Crippen molar-refractivity contribution in [3.05, 3.63) is 21.9 Å². The largest absolute Gasteiger partial charge is 0.313 e. The molecule has 0 radical (unpaired) electrons. The van der Waals surface area contributed by atoms with Crippen LogP contribution in [0.15, 0.2) is 12.1 Å². The highest BCUT2D eigenvalue weighted by Crippen LogP contribution is 2.23. The summed E-state index contributed by atoms with van der Waals surface area (Å²) in [4.78, 5) is 2.26. The van der Waals surface area contributed by atoms with Crippen molar-refractivity contribution >= 4 is 21.4 Å². The van der Waals surface area contributed by atoms with Gasteiger partial charge in [0.1, 0.15) is 0 Å². The molecule has 1 aliphatic rings. The number of nitrogens with one attached hydrogen (secondary N) is 2. The van der Waals surface area contributed by atoms with E-state index in [1.54, 1.807) is 11.3 Å². The van der Waals surface area contributed by atoms with Crippen LogP contribution in [0.2, 0.25) is 0 Å². The van der Waals surface area contributed by atoms with Gasteiger partial charge in [-0.25, -0.2) is 13.1 Å². The Kier molecular flexibility index (Phi) is 4.42. The van der Waals surface area contributed by atoms with E-state index >= 15 is 0 Å². The second-order valence-electron chi connectivity index (χ2n) is 4.84. The average Bonchev–Trinajstić information content (AvgIpc) is 2.98. The predicted octanol–water partition coefficient (Wildman–Crippen LogP) is 1.79. The van der Waals surface area contributed by atoms with E-state index in [9.17, 15) is 8.42 Å². The van der Waals surface area contributed by atoms with E-state index in [1.165, 1.54) is 17.7 Å². The quantitative estimate of drug-likeness (QED) is 0.804. The maximum Gasteiger partial charge on any atom is 0.213 e. The van der Waals surface area contributed by atoms with Crippen molar-refractivity contribution in [2.24, 2.45) is 0 Å². The zero-order chi connectivity index (χ0) is 13.2. The van der Waals surface area contributed by atoms with Crippen molar-refractivity contribution < 1.29 is 8.42 Å². The first-order valence-corrected chi connectivity index (χ1v) is 8.73. The summed E-state index contributed by atoms with van der Waals surface area (Å²) in [7, 11) is -3.19. The van der Waals surface area contributed by atoms with E-state index in [2.05, 4.69) is 10.0 Å². The van der Waals surface area contributed by atoms with Crippen molar-refractivity contribution in [1.82, 2.24) is 10.0 Å². The Hall–Kier alpha value is -0.430. The van der Waals surface area contributed by atoms with Gasteiger partial charge < -0.3 is 5.32 Å². The molecule has 1 aromatic rings. The Morgan fingerprint density at radius 2 is 2.17 bits per heavy atom. The smallest absolute Gasteiger partial charge is 0.213 e. The first-order chi connectivity index (χ1) is 8.46. The van der Waals surface area contributed by atoms with Gasteiger partial charge in [-0.15, -0.1) is 11.3 Å². The van der Waals surface area contributed by atoms with Crippen molar-refractivity contribution in [2.45, 2.75) is 38.8 Å². The van der Waals surface area contributed by atoms with Gasteiger partial charge in [-0.05, 0) is 38.8 Å². The maximum absolute atomic E-state index is 11.9. The summed E-state index contributed by atoms with van der Waals surface area (Å²) in [6.45, 7) is 4.45. The summed E-state index contributed by atoms with van der Waals surface area (Å²) in [6.07, 6.45) is 2.36. The fourth-order valence-electron chi connectivity index (χ4n) is 1.76. The standard InChI is InChI=1S/C12H20N2O2S2/c1-9-3-6-12(17-9)10(2)14-18(15,16)8-7-13-11-4-5-11/h3,6,10-11,13-14H,4-5,7-8H2,1-2H3. The third-order valence-corrected chi connectivity index (χ3v) is 5.56. The molecular weight excluding hydrogens is 268 g/mol. The maximum atomic E-state index is 11.9. The van der Waals surface area contributed by atoms with Crippen molar-refractivity contribution in [1.29, 1.82) is 0 Å². The van der Waals surface area contributed by atoms with E-state index in [0.29, 0.717) is 12.6 Å². The molecule has 2 rings (SSSR count). The number of hydrogen-bond acceptors (Lipinski definition) is 4. The minimum atomic E-state index is -3.19. The van der Waals surface area contributed by atoms with Crippen LogP contribution in [0.25, 0.3) is 0 Å². The van der Waals surface area contributed by atoms with Crippen molar-refractivity contribution in [2.75, 3.05) is 12.3 Å². The highest BCUT2D eigenvalue weighted by molar-refractivity contribution is 7.89. The molecule has 6 heteroatoms. The molecule has 1 unspecified atom stereocenters. The second-order valence-corrected chi connectivity index (χ2v) is 8.03. The molecule has 1 aromatic heterocycles. The van der Waals surface area contributed by atoms with Gasteiger partial charge in [-0.2, -0.15) is 0 Å². The Balaban J connectivity index is 1.82. The van der Waals surface area contributed by atoms with E-state index < -0.39 is 10.0 Å². The third-order valence-electron chi connectivity index (χ3n) is 2.93. The van der Waals surface area contributed by atoms with Crippen molar-refractivity contribution in [3.63, 3.8) is 0 Å². The lowest BCUT2D eigenvalue weighted by atomic mass is 10.3. The zero-order valence-electron chi connectivity index (χ0n) is 10.8. The van der Waals surface area contributed by atoms with Crippen LogP contribution < -0.4 is 10.0 Å². The molecule has 0 saturated heterocycles. The molecule has 102 valence electrons. The van der Waals surface area contributed by atoms with Gasteiger partial charge in [0.25, 0.3) is 0 Å². The van der Waals surface area contributed by atoms with Crippen molar-refractivity contribution in [3.8, 4) is 0 Å². The number of rotatable bonds is 7. The Morgan fingerprint density at radius 3 is 2.72 bits per heavy atom. The fourth-order valence-corrected chi connectivity index (χ4v) is 3.88. The number of sulfonamides is 1. The molecule has 0 aromatic carbocycles. The highest BCUT2D eigenvalue weighted by atomic mass is 32.2. The van der Waals surface area contributed by atoms with Gasteiger partial charge in [0.2, 0.25) is 10.0 Å². The molecular formula is C12H20N2O2S2. The molecule has 1 heterocycles. The lowest BCUT2D eigenvalue weighted by Gasteiger charge is -2.13. The molecule has 1 fully saturated rings. The van der Waals surface area contributed by atoms with Crippen LogP contribution >= 0.6 is 11.3 Å². The molecule has 0 spiro atoms. The number of aryl methyl sites for hydroxylation is 1. The van der Waals surface area contributed by atoms with E-state index in [4.69, 9.17) is 0 Å². The highest BCUT2D eigenvalue weighted by Gasteiger charge is 2.22. The number of thiophene rings is 1. The molecule has 18 heavy (non-hydrogen) atoms. The summed E-state index contributed by atoms with van der Waals surface area (Å²) in [5.41, 5.74) is 0. The molecule has 0 amide bonds.